The molecule has 0 saturated carbocycles. The number of fused-ring (bicyclic) bond motifs is 1. The van der Waals surface area contributed by atoms with E-state index in [4.69, 9.17) is 4.74 Å². The number of ether oxygens (including phenoxy) is 1. The minimum Gasteiger partial charge on any atom is -0.497 e. The summed E-state index contributed by atoms with van der Waals surface area (Å²) in [6.07, 6.45) is 2.07. The molecule has 0 saturated heterocycles. The Labute approximate surface area is 143 Å². The van der Waals surface area contributed by atoms with Crippen LogP contribution in [0.4, 0.5) is 4.79 Å². The maximum atomic E-state index is 12.8. The number of nitrogens with one attached hydrogen (secondary N) is 1. The van der Waals surface area contributed by atoms with E-state index in [1.54, 1.807) is 7.11 Å². The molecule has 1 aromatic heterocycles. The Kier molecular flexibility index (Phi) is 4.26. The third kappa shape index (κ3) is 3.25. The highest BCUT2D eigenvalue weighted by molar-refractivity contribution is 5.76. The third-order valence-corrected chi connectivity index (χ3v) is 4.21. The maximum Gasteiger partial charge on any atom is 0.318 e. The van der Waals surface area contributed by atoms with Gasteiger partial charge >= 0.3 is 6.03 Å². The van der Waals surface area contributed by atoms with Crippen LogP contribution in [0.25, 0.3) is 0 Å². The number of carbonyl (C=O) groups excluding carboxylic acids is 1. The monoisotopic (exact) mass is 327 g/mol. The van der Waals surface area contributed by atoms with Crippen molar-refractivity contribution < 1.29 is 9.53 Å². The number of carbonyl (C=O) groups is 1. The van der Waals surface area contributed by atoms with E-state index in [0.717, 1.165) is 23.6 Å². The van der Waals surface area contributed by atoms with Gasteiger partial charge in [0, 0.05) is 30.5 Å². The Bertz CT molecular complexity index is 713. The lowest BCUT2D eigenvalue weighted by Gasteiger charge is -2.39. The number of aromatic nitrogens is 1. The number of hydrogen-bond acceptors (Lipinski definition) is 2. The first-order valence-corrected chi connectivity index (χ1v) is 8.27. The van der Waals surface area contributed by atoms with Crippen LogP contribution in [0.1, 0.15) is 38.1 Å². The average molecular weight is 327 g/mol. The van der Waals surface area contributed by atoms with Gasteiger partial charge in [0.05, 0.1) is 13.2 Å². The summed E-state index contributed by atoms with van der Waals surface area (Å²) in [5.74, 6) is 0.815. The quantitative estimate of drug-likeness (QED) is 0.919. The zero-order chi connectivity index (χ0) is 17.3. The summed E-state index contributed by atoms with van der Waals surface area (Å²) in [6, 6.07) is 11.9. The number of urea groups is 1. The normalized spacial score (nSPS) is 17.3. The Morgan fingerprint density at radius 1 is 1.17 bits per heavy atom. The van der Waals surface area contributed by atoms with Gasteiger partial charge in [-0.3, -0.25) is 0 Å². The Morgan fingerprint density at radius 2 is 1.88 bits per heavy atom. The van der Waals surface area contributed by atoms with E-state index in [1.807, 2.05) is 56.0 Å². The molecule has 0 unspecified atom stereocenters. The highest BCUT2D eigenvalue weighted by Gasteiger charge is 2.33. The summed E-state index contributed by atoms with van der Waals surface area (Å²) in [6.45, 7) is 7.49. The molecule has 2 heterocycles. The summed E-state index contributed by atoms with van der Waals surface area (Å²) in [7, 11) is 1.66. The van der Waals surface area contributed by atoms with Crippen LogP contribution in [0.3, 0.4) is 0 Å². The van der Waals surface area contributed by atoms with Crippen LogP contribution < -0.4 is 10.1 Å². The van der Waals surface area contributed by atoms with E-state index >= 15 is 0 Å². The van der Waals surface area contributed by atoms with Gasteiger partial charge in [-0.15, -0.1) is 0 Å². The molecule has 0 bridgehead atoms. The van der Waals surface area contributed by atoms with Crippen LogP contribution in [0.2, 0.25) is 0 Å². The number of rotatable bonds is 2. The molecule has 1 aromatic carbocycles. The van der Waals surface area contributed by atoms with Crippen molar-refractivity contribution in [3.8, 4) is 5.75 Å². The molecule has 1 aliphatic heterocycles. The topological polar surface area (TPSA) is 46.5 Å². The van der Waals surface area contributed by atoms with Crippen molar-refractivity contribution in [3.63, 3.8) is 0 Å². The van der Waals surface area contributed by atoms with Crippen molar-refractivity contribution in [2.75, 3.05) is 13.7 Å². The van der Waals surface area contributed by atoms with Gasteiger partial charge < -0.3 is 19.5 Å². The molecule has 0 spiro atoms. The predicted octanol–water partition coefficient (Wildman–Crippen LogP) is 3.41. The first-order valence-electron chi connectivity index (χ1n) is 8.27. The third-order valence-electron chi connectivity index (χ3n) is 4.21. The lowest BCUT2D eigenvalue weighted by Crippen LogP contribution is -2.52. The fourth-order valence-electron chi connectivity index (χ4n) is 3.13. The fourth-order valence-corrected chi connectivity index (χ4v) is 3.13. The van der Waals surface area contributed by atoms with Crippen LogP contribution in [0, 0.1) is 0 Å². The number of amides is 2. The molecule has 0 radical (unpaired) electrons. The molecular weight excluding hydrogens is 302 g/mol. The van der Waals surface area contributed by atoms with Crippen molar-refractivity contribution in [1.82, 2.24) is 14.8 Å². The lowest BCUT2D eigenvalue weighted by molar-refractivity contribution is 0.161. The Balaban J connectivity index is 1.97. The zero-order valence-electron chi connectivity index (χ0n) is 14.7. The van der Waals surface area contributed by atoms with Crippen molar-refractivity contribution in [3.05, 3.63) is 53.9 Å². The van der Waals surface area contributed by atoms with Gasteiger partial charge in [0.2, 0.25) is 0 Å². The van der Waals surface area contributed by atoms with Crippen LogP contribution in [0.15, 0.2) is 42.6 Å². The zero-order valence-corrected chi connectivity index (χ0v) is 14.7. The SMILES string of the molecule is COc1ccc([C@H]2c3cccn3CCN2C(=O)NC(C)(C)C)cc1. The minimum absolute atomic E-state index is 0.0317. The van der Waals surface area contributed by atoms with Crippen molar-refractivity contribution in [2.45, 2.75) is 38.9 Å². The molecule has 2 aromatic rings. The van der Waals surface area contributed by atoms with E-state index in [-0.39, 0.29) is 17.6 Å². The van der Waals surface area contributed by atoms with Crippen LogP contribution in [-0.2, 0) is 6.54 Å². The van der Waals surface area contributed by atoms with E-state index in [1.165, 1.54) is 0 Å². The summed E-state index contributed by atoms with van der Waals surface area (Å²) >= 11 is 0. The van der Waals surface area contributed by atoms with Gasteiger partial charge in [0.15, 0.2) is 0 Å². The van der Waals surface area contributed by atoms with Gasteiger partial charge in [-0.05, 0) is 50.6 Å². The standard InChI is InChI=1S/C19H25N3O2/c1-19(2,3)20-18(23)22-13-12-21-11-5-6-16(21)17(22)14-7-9-15(24-4)10-8-14/h5-11,17H,12-13H2,1-4H3,(H,20,23)/t17-/m0/s1. The van der Waals surface area contributed by atoms with Gasteiger partial charge in [0.25, 0.3) is 0 Å². The first kappa shape index (κ1) is 16.4. The number of nitrogens with zero attached hydrogens (tertiary/aromatic N) is 2. The second kappa shape index (κ2) is 6.23. The van der Waals surface area contributed by atoms with Crippen LogP contribution in [-0.4, -0.2) is 34.7 Å². The number of benzene rings is 1. The molecular formula is C19H25N3O2. The maximum absolute atomic E-state index is 12.8. The van der Waals surface area contributed by atoms with Gasteiger partial charge in [-0.25, -0.2) is 4.79 Å². The van der Waals surface area contributed by atoms with E-state index in [9.17, 15) is 4.79 Å². The van der Waals surface area contributed by atoms with Crippen molar-refractivity contribution >= 4 is 6.03 Å². The lowest BCUT2D eigenvalue weighted by atomic mass is 10.00. The Morgan fingerprint density at radius 3 is 2.50 bits per heavy atom. The van der Waals surface area contributed by atoms with Crippen LogP contribution in [0.5, 0.6) is 5.75 Å². The molecule has 24 heavy (non-hydrogen) atoms. The van der Waals surface area contributed by atoms with Crippen molar-refractivity contribution in [2.24, 2.45) is 0 Å². The predicted molar refractivity (Wildman–Crippen MR) is 94.3 cm³/mol. The molecule has 3 rings (SSSR count). The molecule has 2 amide bonds. The molecule has 1 N–H and O–H groups in total. The van der Waals surface area contributed by atoms with E-state index < -0.39 is 0 Å². The van der Waals surface area contributed by atoms with Gasteiger partial charge in [-0.1, -0.05) is 12.1 Å². The Hall–Kier alpha value is -2.43. The van der Waals surface area contributed by atoms with Crippen molar-refractivity contribution in [1.29, 1.82) is 0 Å². The highest BCUT2D eigenvalue weighted by Crippen LogP contribution is 2.33. The highest BCUT2D eigenvalue weighted by atomic mass is 16.5. The summed E-state index contributed by atoms with van der Waals surface area (Å²) < 4.78 is 7.47. The number of hydrogen-bond donors (Lipinski definition) is 1. The largest absolute Gasteiger partial charge is 0.497 e. The van der Waals surface area contributed by atoms with E-state index in [2.05, 4.69) is 22.1 Å². The molecule has 0 aliphatic carbocycles. The molecule has 128 valence electrons. The summed E-state index contributed by atoms with van der Waals surface area (Å²) in [5.41, 5.74) is 1.95. The van der Waals surface area contributed by atoms with Gasteiger partial charge in [0.1, 0.15) is 5.75 Å². The molecule has 1 atom stereocenters. The second-order valence-electron chi connectivity index (χ2n) is 7.18. The first-order chi connectivity index (χ1) is 11.4. The molecule has 5 heteroatoms. The molecule has 5 nitrogen and oxygen atoms in total. The van der Waals surface area contributed by atoms with Crippen LogP contribution >= 0.6 is 0 Å². The second-order valence-corrected chi connectivity index (χ2v) is 7.18. The minimum atomic E-state index is -0.263. The van der Waals surface area contributed by atoms with E-state index in [0.29, 0.717) is 6.54 Å². The molecule has 0 fully saturated rings. The summed E-state index contributed by atoms with van der Waals surface area (Å²) in [4.78, 5) is 14.8. The fraction of sp³-hybridized carbons (Fsp3) is 0.421. The van der Waals surface area contributed by atoms with Gasteiger partial charge in [-0.2, -0.15) is 0 Å². The average Bonchev–Trinajstić information content (AvgIpc) is 3.01. The summed E-state index contributed by atoms with van der Waals surface area (Å²) in [5, 5.41) is 3.09. The number of methoxy groups -OCH3 is 1. The smallest absolute Gasteiger partial charge is 0.318 e. The molecule has 1 aliphatic rings.